The molecule has 0 aromatic carbocycles. The van der Waals surface area contributed by atoms with Crippen LogP contribution in [-0.4, -0.2) is 81.9 Å². The third kappa shape index (κ3) is 4.54. The van der Waals surface area contributed by atoms with Gasteiger partial charge in [-0.3, -0.25) is 19.2 Å². The van der Waals surface area contributed by atoms with Crippen molar-refractivity contribution < 1.29 is 53.4 Å². The van der Waals surface area contributed by atoms with Crippen LogP contribution in [0.3, 0.4) is 0 Å². The molecule has 3 N–H and O–H groups in total. The molecule has 4 rings (SSSR count). The number of ether oxygens (including phenoxy) is 4. The van der Waals surface area contributed by atoms with Gasteiger partial charge in [0.15, 0.2) is 0 Å². The number of carbonyl (C=O) groups is 4. The molecule has 4 fully saturated rings. The minimum absolute atomic E-state index is 0.0118. The van der Waals surface area contributed by atoms with Crippen LogP contribution in [-0.2, 0) is 38.1 Å². The lowest BCUT2D eigenvalue weighted by Crippen LogP contribution is -2.76. The summed E-state index contributed by atoms with van der Waals surface area (Å²) in [5.41, 5.74) is -5.60. The fourth-order valence-corrected chi connectivity index (χ4v) is 8.91. The maximum atomic E-state index is 13.0. The minimum Gasteiger partial charge on any atom is -0.466 e. The zero-order valence-electron chi connectivity index (χ0n) is 23.4. The number of rotatable bonds is 6. The predicted molar refractivity (Wildman–Crippen MR) is 134 cm³/mol. The van der Waals surface area contributed by atoms with E-state index in [1.807, 2.05) is 6.92 Å². The Labute approximate surface area is 228 Å². The van der Waals surface area contributed by atoms with E-state index in [1.165, 1.54) is 20.8 Å². The second kappa shape index (κ2) is 10.3. The molecule has 0 unspecified atom stereocenters. The summed E-state index contributed by atoms with van der Waals surface area (Å²) in [6.45, 7) is 7.09. The molecular formula is C28H42O11. The van der Waals surface area contributed by atoms with Crippen molar-refractivity contribution in [2.75, 3.05) is 13.2 Å². The van der Waals surface area contributed by atoms with Crippen molar-refractivity contribution in [1.82, 2.24) is 0 Å². The van der Waals surface area contributed by atoms with Gasteiger partial charge in [-0.1, -0.05) is 6.92 Å². The number of aliphatic hydroxyl groups is 3. The fourth-order valence-electron chi connectivity index (χ4n) is 8.91. The highest BCUT2D eigenvalue weighted by Crippen LogP contribution is 2.70. The van der Waals surface area contributed by atoms with Crippen LogP contribution in [0.2, 0.25) is 0 Å². The van der Waals surface area contributed by atoms with Gasteiger partial charge < -0.3 is 34.3 Å². The summed E-state index contributed by atoms with van der Waals surface area (Å²) in [4.78, 5) is 49.2. The first-order chi connectivity index (χ1) is 18.1. The van der Waals surface area contributed by atoms with Gasteiger partial charge >= 0.3 is 23.9 Å². The normalized spacial score (nSPS) is 44.7. The van der Waals surface area contributed by atoms with E-state index in [9.17, 15) is 34.5 Å². The highest BCUT2D eigenvalue weighted by molar-refractivity contribution is 5.74. The molecule has 0 spiro atoms. The molecule has 0 aromatic rings. The zero-order chi connectivity index (χ0) is 29.0. The summed E-state index contributed by atoms with van der Waals surface area (Å²) in [6.07, 6.45) is -1.88. The molecular weight excluding hydrogens is 512 g/mol. The van der Waals surface area contributed by atoms with Crippen LogP contribution < -0.4 is 0 Å². The highest BCUT2D eigenvalue weighted by Gasteiger charge is 2.77. The Morgan fingerprint density at radius 1 is 0.897 bits per heavy atom. The average molecular weight is 555 g/mol. The average Bonchev–Trinajstić information content (AvgIpc) is 3.08. The van der Waals surface area contributed by atoms with Crippen LogP contribution in [0.15, 0.2) is 0 Å². The van der Waals surface area contributed by atoms with Gasteiger partial charge in [-0.2, -0.15) is 0 Å². The number of aliphatic hydroxyl groups excluding tert-OH is 1. The van der Waals surface area contributed by atoms with Gasteiger partial charge in [0.05, 0.1) is 35.2 Å². The van der Waals surface area contributed by atoms with E-state index < -0.39 is 82.0 Å². The standard InChI is InChI=1S/C28H42O11/c1-6-36-24(33)20-8-10-28(35)19-7-9-26(34)12-18(38-16(3)30)11-22(32)27(26,14-37-15(2)29)23(19)21(39-17(4)31)13-25(20,28)5/h18-23,32,34-35H,6-14H2,1-5H3/t18-,19+,20+,21+,22-,23+,25+,26+,27+,28+/m0/s1. The first kappa shape index (κ1) is 29.7. The Hall–Kier alpha value is -2.24. The van der Waals surface area contributed by atoms with E-state index in [2.05, 4.69) is 0 Å². The van der Waals surface area contributed by atoms with Crippen LogP contribution in [0.5, 0.6) is 0 Å². The summed E-state index contributed by atoms with van der Waals surface area (Å²) in [6, 6.07) is 0. The second-order valence-corrected chi connectivity index (χ2v) is 12.2. The lowest BCUT2D eigenvalue weighted by molar-refractivity contribution is -0.319. The molecule has 39 heavy (non-hydrogen) atoms. The number of esters is 4. The van der Waals surface area contributed by atoms with Crippen molar-refractivity contribution in [2.45, 2.75) is 109 Å². The van der Waals surface area contributed by atoms with Crippen molar-refractivity contribution in [1.29, 1.82) is 0 Å². The van der Waals surface area contributed by atoms with Crippen molar-refractivity contribution in [3.63, 3.8) is 0 Å². The molecule has 11 heteroatoms. The molecule has 4 aliphatic rings. The Bertz CT molecular complexity index is 1010. The van der Waals surface area contributed by atoms with Gasteiger partial charge in [0.25, 0.3) is 0 Å². The van der Waals surface area contributed by atoms with E-state index in [-0.39, 0.29) is 45.3 Å². The molecule has 10 atom stereocenters. The summed E-state index contributed by atoms with van der Waals surface area (Å²) >= 11 is 0. The van der Waals surface area contributed by atoms with Gasteiger partial charge in [-0.15, -0.1) is 0 Å². The number of hydrogen-bond donors (Lipinski definition) is 3. The number of fused-ring (bicyclic) bond motifs is 5. The van der Waals surface area contributed by atoms with E-state index in [0.29, 0.717) is 12.8 Å². The summed E-state index contributed by atoms with van der Waals surface area (Å²) in [5.74, 6) is -4.21. The molecule has 0 amide bonds. The molecule has 0 bridgehead atoms. The second-order valence-electron chi connectivity index (χ2n) is 12.2. The molecule has 220 valence electrons. The van der Waals surface area contributed by atoms with Crippen LogP contribution in [0.25, 0.3) is 0 Å². The molecule has 0 heterocycles. The Balaban J connectivity index is 1.86. The topological polar surface area (TPSA) is 166 Å². The molecule has 4 aliphatic carbocycles. The fraction of sp³-hybridized carbons (Fsp3) is 0.857. The first-order valence-corrected chi connectivity index (χ1v) is 13.9. The van der Waals surface area contributed by atoms with Crippen LogP contribution in [0.1, 0.15) is 79.6 Å². The largest absolute Gasteiger partial charge is 0.466 e. The maximum Gasteiger partial charge on any atom is 0.309 e. The van der Waals surface area contributed by atoms with E-state index in [1.54, 1.807) is 6.92 Å². The Morgan fingerprint density at radius 2 is 1.56 bits per heavy atom. The summed E-state index contributed by atoms with van der Waals surface area (Å²) < 4.78 is 22.1. The first-order valence-electron chi connectivity index (χ1n) is 13.9. The molecule has 0 radical (unpaired) electrons. The molecule has 11 nitrogen and oxygen atoms in total. The van der Waals surface area contributed by atoms with Crippen molar-refractivity contribution >= 4 is 23.9 Å². The van der Waals surface area contributed by atoms with Gasteiger partial charge in [0.1, 0.15) is 18.8 Å². The Kier molecular flexibility index (Phi) is 7.86. The van der Waals surface area contributed by atoms with E-state index in [0.717, 1.165) is 0 Å². The quantitative estimate of drug-likeness (QED) is 0.321. The lowest BCUT2D eigenvalue weighted by Gasteiger charge is -2.68. The number of carbonyl (C=O) groups excluding carboxylic acids is 4. The molecule has 0 saturated heterocycles. The van der Waals surface area contributed by atoms with Crippen LogP contribution in [0, 0.1) is 28.6 Å². The third-order valence-electron chi connectivity index (χ3n) is 10.4. The van der Waals surface area contributed by atoms with Crippen molar-refractivity contribution in [3.05, 3.63) is 0 Å². The highest BCUT2D eigenvalue weighted by atomic mass is 16.6. The van der Waals surface area contributed by atoms with Crippen LogP contribution >= 0.6 is 0 Å². The molecule has 4 saturated carbocycles. The summed E-state index contributed by atoms with van der Waals surface area (Å²) in [5, 5.41) is 36.5. The maximum absolute atomic E-state index is 13.0. The lowest BCUT2D eigenvalue weighted by atomic mass is 9.40. The van der Waals surface area contributed by atoms with Crippen molar-refractivity contribution in [3.8, 4) is 0 Å². The predicted octanol–water partition coefficient (Wildman–Crippen LogP) is 1.43. The summed E-state index contributed by atoms with van der Waals surface area (Å²) in [7, 11) is 0. The minimum atomic E-state index is -1.66. The van der Waals surface area contributed by atoms with E-state index >= 15 is 0 Å². The monoisotopic (exact) mass is 554 g/mol. The number of hydrogen-bond acceptors (Lipinski definition) is 11. The van der Waals surface area contributed by atoms with Gasteiger partial charge in [-0.05, 0) is 44.9 Å². The molecule has 0 aromatic heterocycles. The smallest absolute Gasteiger partial charge is 0.309 e. The van der Waals surface area contributed by atoms with Crippen LogP contribution in [0.4, 0.5) is 0 Å². The van der Waals surface area contributed by atoms with Gasteiger partial charge in [-0.25, -0.2) is 0 Å². The molecule has 0 aliphatic heterocycles. The van der Waals surface area contributed by atoms with E-state index in [4.69, 9.17) is 18.9 Å². The van der Waals surface area contributed by atoms with Crippen molar-refractivity contribution in [2.24, 2.45) is 28.6 Å². The Morgan fingerprint density at radius 3 is 2.15 bits per heavy atom. The zero-order valence-corrected chi connectivity index (χ0v) is 23.4. The van der Waals surface area contributed by atoms with Gasteiger partial charge in [0.2, 0.25) is 0 Å². The third-order valence-corrected chi connectivity index (χ3v) is 10.4. The van der Waals surface area contributed by atoms with Gasteiger partial charge in [0, 0.05) is 44.9 Å². The SMILES string of the molecule is CCOC(=O)[C@H]1CC[C@@]2(O)[C@@H]3CC[C@@]4(O)C[C@@H](OC(C)=O)C[C@H](O)[C@]4(COC(C)=O)[C@H]3[C@H](OC(C)=O)C[C@]12C.